The molecular weight excluding hydrogens is 388 g/mol. The van der Waals surface area contributed by atoms with Crippen molar-refractivity contribution in [2.75, 3.05) is 26.7 Å². The Morgan fingerprint density at radius 1 is 1.03 bits per heavy atom. The average molecular weight is 417 g/mol. The Labute approximate surface area is 172 Å². The molecule has 2 aromatic carbocycles. The van der Waals surface area contributed by atoms with E-state index in [1.165, 1.54) is 19.2 Å². The van der Waals surface area contributed by atoms with E-state index in [9.17, 15) is 13.2 Å². The van der Waals surface area contributed by atoms with Crippen LogP contribution in [0.2, 0.25) is 0 Å². The van der Waals surface area contributed by atoms with Crippen LogP contribution in [0.3, 0.4) is 0 Å². The van der Waals surface area contributed by atoms with E-state index in [-0.39, 0.29) is 17.3 Å². The number of nitrogens with zero attached hydrogens (tertiary/aromatic N) is 1. The number of methoxy groups -OCH3 is 1. The second-order valence-corrected chi connectivity index (χ2v) is 8.97. The summed E-state index contributed by atoms with van der Waals surface area (Å²) in [7, 11) is -2.24. The number of nitrogens with one attached hydrogen (secondary N) is 1. The van der Waals surface area contributed by atoms with Gasteiger partial charge in [-0.15, -0.1) is 0 Å². The average Bonchev–Trinajstić information content (AvgIpc) is 3.03. The van der Waals surface area contributed by atoms with E-state index >= 15 is 0 Å². The molecule has 0 bridgehead atoms. The van der Waals surface area contributed by atoms with E-state index in [1.54, 1.807) is 11.0 Å². The number of amides is 1. The van der Waals surface area contributed by atoms with Gasteiger partial charge in [-0.2, -0.15) is 0 Å². The molecule has 29 heavy (non-hydrogen) atoms. The predicted octanol–water partition coefficient (Wildman–Crippen LogP) is 3.23. The summed E-state index contributed by atoms with van der Waals surface area (Å²) in [6.45, 7) is 1.66. The number of rotatable bonds is 7. The van der Waals surface area contributed by atoms with Gasteiger partial charge in [0.1, 0.15) is 5.75 Å². The minimum Gasteiger partial charge on any atom is -0.496 e. The summed E-state index contributed by atoms with van der Waals surface area (Å²) in [5.41, 5.74) is 1.35. The van der Waals surface area contributed by atoms with Gasteiger partial charge in [-0.1, -0.05) is 43.2 Å². The molecule has 1 aliphatic heterocycles. The van der Waals surface area contributed by atoms with Gasteiger partial charge in [0.05, 0.1) is 17.6 Å². The van der Waals surface area contributed by atoms with Crippen LogP contribution < -0.4 is 9.46 Å². The van der Waals surface area contributed by atoms with E-state index in [0.717, 1.165) is 31.2 Å². The van der Waals surface area contributed by atoms with Gasteiger partial charge in [-0.25, -0.2) is 13.1 Å². The summed E-state index contributed by atoms with van der Waals surface area (Å²) in [6, 6.07) is 14.1. The Bertz CT molecular complexity index is 921. The molecule has 7 heteroatoms. The highest BCUT2D eigenvalue weighted by Gasteiger charge is 2.24. The molecule has 0 radical (unpaired) electrons. The first kappa shape index (κ1) is 21.3. The van der Waals surface area contributed by atoms with E-state index in [1.807, 2.05) is 30.3 Å². The molecule has 0 spiro atoms. The van der Waals surface area contributed by atoms with Crippen LogP contribution in [0, 0.1) is 0 Å². The molecule has 1 heterocycles. The van der Waals surface area contributed by atoms with Gasteiger partial charge in [0, 0.05) is 19.6 Å². The van der Waals surface area contributed by atoms with Crippen molar-refractivity contribution < 1.29 is 17.9 Å². The summed E-state index contributed by atoms with van der Waals surface area (Å²) < 4.78 is 33.5. The monoisotopic (exact) mass is 416 g/mol. The molecule has 3 rings (SSSR count). The Morgan fingerprint density at radius 3 is 2.38 bits per heavy atom. The zero-order chi connectivity index (χ0) is 20.7. The van der Waals surface area contributed by atoms with Crippen LogP contribution in [0.1, 0.15) is 41.6 Å². The second-order valence-electron chi connectivity index (χ2n) is 7.20. The second kappa shape index (κ2) is 9.89. The van der Waals surface area contributed by atoms with Crippen molar-refractivity contribution in [2.45, 2.75) is 37.0 Å². The number of likely N-dealkylation sites (tertiary alicyclic amines) is 1. The van der Waals surface area contributed by atoms with Crippen LogP contribution in [-0.4, -0.2) is 46.0 Å². The minimum atomic E-state index is -3.73. The molecule has 2 aromatic rings. The van der Waals surface area contributed by atoms with Gasteiger partial charge in [-0.05, 0) is 43.0 Å². The van der Waals surface area contributed by atoms with Crippen LogP contribution >= 0.6 is 0 Å². The summed E-state index contributed by atoms with van der Waals surface area (Å²) >= 11 is 0. The number of hydrogen-bond donors (Lipinski definition) is 1. The lowest BCUT2D eigenvalue weighted by molar-refractivity contribution is 0.0758. The van der Waals surface area contributed by atoms with Gasteiger partial charge >= 0.3 is 0 Å². The molecule has 1 fully saturated rings. The van der Waals surface area contributed by atoms with E-state index in [2.05, 4.69) is 4.72 Å². The Morgan fingerprint density at radius 2 is 1.72 bits per heavy atom. The van der Waals surface area contributed by atoms with Crippen molar-refractivity contribution in [1.82, 2.24) is 9.62 Å². The molecule has 0 aliphatic carbocycles. The van der Waals surface area contributed by atoms with E-state index < -0.39 is 10.0 Å². The predicted molar refractivity (Wildman–Crippen MR) is 113 cm³/mol. The fourth-order valence-electron chi connectivity index (χ4n) is 3.52. The molecular formula is C22H28N2O4S. The lowest BCUT2D eigenvalue weighted by Crippen LogP contribution is -2.32. The van der Waals surface area contributed by atoms with Gasteiger partial charge in [0.2, 0.25) is 10.0 Å². The zero-order valence-corrected chi connectivity index (χ0v) is 17.6. The van der Waals surface area contributed by atoms with Crippen LogP contribution in [0.4, 0.5) is 0 Å². The van der Waals surface area contributed by atoms with E-state index in [0.29, 0.717) is 30.8 Å². The first-order valence-corrected chi connectivity index (χ1v) is 11.5. The molecule has 0 saturated carbocycles. The third kappa shape index (κ3) is 5.58. The number of carbonyl (C=O) groups is 1. The highest BCUT2D eigenvalue weighted by atomic mass is 32.2. The van der Waals surface area contributed by atoms with Gasteiger partial charge < -0.3 is 9.64 Å². The maximum atomic E-state index is 13.0. The number of benzene rings is 2. The normalized spacial score (nSPS) is 15.0. The minimum absolute atomic E-state index is 0.0736. The molecule has 156 valence electrons. The lowest BCUT2D eigenvalue weighted by atomic mass is 10.1. The molecule has 1 N–H and O–H groups in total. The van der Waals surface area contributed by atoms with Crippen molar-refractivity contribution in [3.05, 3.63) is 59.7 Å². The zero-order valence-electron chi connectivity index (χ0n) is 16.8. The molecule has 1 saturated heterocycles. The van der Waals surface area contributed by atoms with Crippen LogP contribution in [0.5, 0.6) is 5.75 Å². The summed E-state index contributed by atoms with van der Waals surface area (Å²) in [5, 5.41) is 0. The first-order chi connectivity index (χ1) is 14.0. The van der Waals surface area contributed by atoms with Gasteiger partial charge in [0.15, 0.2) is 0 Å². The largest absolute Gasteiger partial charge is 0.496 e. The summed E-state index contributed by atoms with van der Waals surface area (Å²) in [4.78, 5) is 14.9. The quantitative estimate of drug-likeness (QED) is 0.752. The maximum Gasteiger partial charge on any atom is 0.257 e. The third-order valence-corrected chi connectivity index (χ3v) is 6.61. The van der Waals surface area contributed by atoms with Crippen molar-refractivity contribution in [1.29, 1.82) is 0 Å². The highest BCUT2D eigenvalue weighted by Crippen LogP contribution is 2.25. The van der Waals surface area contributed by atoms with Gasteiger partial charge in [-0.3, -0.25) is 4.79 Å². The molecule has 1 aliphatic rings. The molecule has 6 nitrogen and oxygen atoms in total. The summed E-state index contributed by atoms with van der Waals surface area (Å²) in [5.74, 6) is 0.215. The fourth-order valence-corrected chi connectivity index (χ4v) is 4.58. The SMILES string of the molecule is COc1ccc(S(=O)(=O)NCCc2ccccc2)cc1C(=O)N1CCCCCC1. The third-order valence-electron chi connectivity index (χ3n) is 5.15. The molecule has 0 aromatic heterocycles. The number of carbonyl (C=O) groups excluding carboxylic acids is 1. The Kier molecular flexibility index (Phi) is 7.28. The van der Waals surface area contributed by atoms with Crippen LogP contribution in [0.25, 0.3) is 0 Å². The topological polar surface area (TPSA) is 75.7 Å². The Hall–Kier alpha value is -2.38. The van der Waals surface area contributed by atoms with E-state index in [4.69, 9.17) is 4.74 Å². The highest BCUT2D eigenvalue weighted by molar-refractivity contribution is 7.89. The van der Waals surface area contributed by atoms with Crippen molar-refractivity contribution in [3.63, 3.8) is 0 Å². The molecule has 0 unspecified atom stereocenters. The van der Waals surface area contributed by atoms with Crippen LogP contribution in [-0.2, 0) is 16.4 Å². The first-order valence-electron chi connectivity index (χ1n) is 10.0. The number of ether oxygens (including phenoxy) is 1. The van der Waals surface area contributed by atoms with Crippen molar-refractivity contribution >= 4 is 15.9 Å². The summed E-state index contributed by atoms with van der Waals surface area (Å²) in [6.07, 6.45) is 4.75. The molecule has 0 atom stereocenters. The number of hydrogen-bond acceptors (Lipinski definition) is 4. The van der Waals surface area contributed by atoms with Crippen molar-refractivity contribution in [3.8, 4) is 5.75 Å². The standard InChI is InChI=1S/C22H28N2O4S/c1-28-21-12-11-19(17-20(21)22(25)24-15-7-2-3-8-16-24)29(26,27)23-14-13-18-9-5-4-6-10-18/h4-6,9-12,17,23H,2-3,7-8,13-16H2,1H3. The Balaban J connectivity index is 1.76. The smallest absolute Gasteiger partial charge is 0.257 e. The fraction of sp³-hybridized carbons (Fsp3) is 0.409. The van der Waals surface area contributed by atoms with Crippen LogP contribution in [0.15, 0.2) is 53.4 Å². The number of sulfonamides is 1. The van der Waals surface area contributed by atoms with Crippen molar-refractivity contribution in [2.24, 2.45) is 0 Å². The maximum absolute atomic E-state index is 13.0. The lowest BCUT2D eigenvalue weighted by Gasteiger charge is -2.22. The molecule has 1 amide bonds. The van der Waals surface area contributed by atoms with Gasteiger partial charge in [0.25, 0.3) is 5.91 Å².